The summed E-state index contributed by atoms with van der Waals surface area (Å²) in [6, 6.07) is 14.4. The van der Waals surface area contributed by atoms with Gasteiger partial charge in [-0.2, -0.15) is 5.10 Å². The van der Waals surface area contributed by atoms with E-state index in [4.69, 9.17) is 0 Å². The fraction of sp³-hybridized carbons (Fsp3) is 0.263. The lowest BCUT2D eigenvalue weighted by molar-refractivity contribution is -0.131. The lowest BCUT2D eigenvalue weighted by Gasteiger charge is -2.23. The van der Waals surface area contributed by atoms with Gasteiger partial charge < -0.3 is 4.90 Å². The quantitative estimate of drug-likeness (QED) is 0.725. The highest BCUT2D eigenvalue weighted by Gasteiger charge is 2.30. The van der Waals surface area contributed by atoms with Crippen LogP contribution in [0.15, 0.2) is 60.2 Å². The van der Waals surface area contributed by atoms with Crippen LogP contribution in [0, 0.1) is 0 Å². The molecule has 1 saturated heterocycles. The number of para-hydroxylation sites is 1. The van der Waals surface area contributed by atoms with Crippen molar-refractivity contribution in [2.75, 3.05) is 6.54 Å². The number of likely N-dealkylation sites (tertiary alicyclic amines) is 1. The predicted octanol–water partition coefficient (Wildman–Crippen LogP) is 3.84. The van der Waals surface area contributed by atoms with Crippen molar-refractivity contribution in [1.29, 1.82) is 0 Å². The highest BCUT2D eigenvalue weighted by molar-refractivity contribution is 7.10. The van der Waals surface area contributed by atoms with E-state index in [9.17, 15) is 4.79 Å². The predicted molar refractivity (Wildman–Crippen MR) is 95.3 cm³/mol. The molecule has 1 aliphatic rings. The molecule has 0 N–H and O–H groups in total. The minimum atomic E-state index is 0.193. The van der Waals surface area contributed by atoms with Crippen molar-refractivity contribution in [2.24, 2.45) is 0 Å². The molecule has 3 aromatic rings. The highest BCUT2D eigenvalue weighted by Crippen LogP contribution is 2.34. The molecule has 1 atom stereocenters. The van der Waals surface area contributed by atoms with Crippen molar-refractivity contribution in [3.8, 4) is 5.69 Å². The van der Waals surface area contributed by atoms with Crippen molar-refractivity contribution >= 4 is 17.2 Å². The number of hydrogen-bond donors (Lipinski definition) is 0. The Kier molecular flexibility index (Phi) is 4.17. The first-order valence-corrected chi connectivity index (χ1v) is 9.11. The smallest absolute Gasteiger partial charge is 0.227 e. The van der Waals surface area contributed by atoms with E-state index < -0.39 is 0 Å². The molecule has 1 aromatic carbocycles. The number of aromatic nitrogens is 2. The number of hydrogen-bond acceptors (Lipinski definition) is 3. The van der Waals surface area contributed by atoms with E-state index in [2.05, 4.69) is 22.6 Å². The normalized spacial score (nSPS) is 17.3. The van der Waals surface area contributed by atoms with Crippen LogP contribution >= 0.6 is 11.3 Å². The molecule has 24 heavy (non-hydrogen) atoms. The molecular weight excluding hydrogens is 318 g/mol. The van der Waals surface area contributed by atoms with E-state index in [0.717, 1.165) is 30.6 Å². The largest absolute Gasteiger partial charge is 0.335 e. The number of benzene rings is 1. The highest BCUT2D eigenvalue weighted by atomic mass is 32.1. The molecule has 3 heterocycles. The molecular formula is C19H19N3OS. The number of rotatable bonds is 4. The van der Waals surface area contributed by atoms with Crippen molar-refractivity contribution in [3.05, 3.63) is 70.7 Å². The van der Waals surface area contributed by atoms with E-state index >= 15 is 0 Å². The molecule has 4 rings (SSSR count). The van der Waals surface area contributed by atoms with Crippen LogP contribution in [0.2, 0.25) is 0 Å². The second-order valence-electron chi connectivity index (χ2n) is 6.07. The zero-order valence-corrected chi connectivity index (χ0v) is 14.2. The molecule has 1 amide bonds. The van der Waals surface area contributed by atoms with Crippen LogP contribution in [0.5, 0.6) is 0 Å². The first-order valence-electron chi connectivity index (χ1n) is 8.23. The summed E-state index contributed by atoms with van der Waals surface area (Å²) in [5.41, 5.74) is 1.97. The van der Waals surface area contributed by atoms with Gasteiger partial charge >= 0.3 is 0 Å². The summed E-state index contributed by atoms with van der Waals surface area (Å²) < 4.78 is 1.82. The molecule has 1 unspecified atom stereocenters. The summed E-state index contributed by atoms with van der Waals surface area (Å²) in [7, 11) is 0. The number of amides is 1. The van der Waals surface area contributed by atoms with Gasteiger partial charge in [-0.25, -0.2) is 4.68 Å². The maximum atomic E-state index is 12.8. The lowest BCUT2D eigenvalue weighted by atomic mass is 10.1. The Bertz CT molecular complexity index is 810. The van der Waals surface area contributed by atoms with E-state index in [1.54, 1.807) is 17.5 Å². The van der Waals surface area contributed by atoms with Crippen molar-refractivity contribution in [1.82, 2.24) is 14.7 Å². The van der Waals surface area contributed by atoms with Crippen LogP contribution in [0.3, 0.4) is 0 Å². The molecule has 0 bridgehead atoms. The molecule has 5 heteroatoms. The molecule has 122 valence electrons. The fourth-order valence-corrected chi connectivity index (χ4v) is 4.16. The second-order valence-corrected chi connectivity index (χ2v) is 7.05. The Morgan fingerprint density at radius 3 is 2.88 bits per heavy atom. The molecule has 0 saturated carbocycles. The zero-order valence-electron chi connectivity index (χ0n) is 13.3. The molecule has 1 aliphatic heterocycles. The summed E-state index contributed by atoms with van der Waals surface area (Å²) in [6.07, 6.45) is 6.30. The van der Waals surface area contributed by atoms with Crippen LogP contribution in [0.25, 0.3) is 5.69 Å². The summed E-state index contributed by atoms with van der Waals surface area (Å²) in [4.78, 5) is 16.1. The first kappa shape index (κ1) is 15.1. The summed E-state index contributed by atoms with van der Waals surface area (Å²) >= 11 is 1.74. The van der Waals surface area contributed by atoms with Crippen LogP contribution < -0.4 is 0 Å². The maximum Gasteiger partial charge on any atom is 0.227 e. The number of nitrogens with zero attached hydrogens (tertiary/aromatic N) is 3. The number of thiophene rings is 1. The standard InChI is InChI=1S/C19H19N3OS/c23-19(21-10-4-8-17(21)18-9-5-11-24-18)12-15-13-20-22(14-15)16-6-2-1-3-7-16/h1-3,5-7,9,11,13-14,17H,4,8,10,12H2. The average Bonchev–Trinajstić information content (AvgIpc) is 3.36. The minimum Gasteiger partial charge on any atom is -0.335 e. The SMILES string of the molecule is O=C(Cc1cnn(-c2ccccc2)c1)N1CCCC1c1cccs1. The van der Waals surface area contributed by atoms with E-state index in [0.29, 0.717) is 6.42 Å². The maximum absolute atomic E-state index is 12.8. The van der Waals surface area contributed by atoms with E-state index in [-0.39, 0.29) is 11.9 Å². The van der Waals surface area contributed by atoms with Crippen LogP contribution in [0.1, 0.15) is 29.3 Å². The molecule has 0 aliphatic carbocycles. The Morgan fingerprint density at radius 2 is 2.08 bits per heavy atom. The third-order valence-corrected chi connectivity index (χ3v) is 5.43. The van der Waals surface area contributed by atoms with Gasteiger partial charge in [-0.1, -0.05) is 24.3 Å². The Hall–Kier alpha value is -2.40. The van der Waals surface area contributed by atoms with Gasteiger partial charge in [-0.05, 0) is 42.0 Å². The van der Waals surface area contributed by atoms with Gasteiger partial charge in [0.1, 0.15) is 0 Å². The molecule has 0 spiro atoms. The van der Waals surface area contributed by atoms with Gasteiger partial charge in [-0.15, -0.1) is 11.3 Å². The summed E-state index contributed by atoms with van der Waals surface area (Å²) in [5.74, 6) is 0.193. The molecule has 0 radical (unpaired) electrons. The molecule has 4 nitrogen and oxygen atoms in total. The average molecular weight is 337 g/mol. The Morgan fingerprint density at radius 1 is 1.21 bits per heavy atom. The third kappa shape index (κ3) is 2.99. The van der Waals surface area contributed by atoms with Gasteiger partial charge in [0.05, 0.1) is 24.3 Å². The zero-order chi connectivity index (χ0) is 16.4. The first-order chi connectivity index (χ1) is 11.8. The van der Waals surface area contributed by atoms with Crippen LogP contribution in [-0.2, 0) is 11.2 Å². The van der Waals surface area contributed by atoms with Gasteiger partial charge in [0.15, 0.2) is 0 Å². The van der Waals surface area contributed by atoms with E-state index in [1.165, 1.54) is 4.88 Å². The molecule has 1 fully saturated rings. The Balaban J connectivity index is 1.47. The minimum absolute atomic E-state index is 0.193. The van der Waals surface area contributed by atoms with Crippen LogP contribution in [-0.4, -0.2) is 27.1 Å². The summed E-state index contributed by atoms with van der Waals surface area (Å²) in [5, 5.41) is 6.47. The monoisotopic (exact) mass is 337 g/mol. The number of carbonyl (C=O) groups excluding carboxylic acids is 1. The van der Waals surface area contributed by atoms with Gasteiger partial charge in [0.2, 0.25) is 5.91 Å². The lowest BCUT2D eigenvalue weighted by Crippen LogP contribution is -2.31. The topological polar surface area (TPSA) is 38.1 Å². The van der Waals surface area contributed by atoms with Gasteiger partial charge in [0.25, 0.3) is 0 Å². The van der Waals surface area contributed by atoms with E-state index in [1.807, 2.05) is 46.1 Å². The van der Waals surface area contributed by atoms with Crippen molar-refractivity contribution < 1.29 is 4.79 Å². The van der Waals surface area contributed by atoms with Gasteiger partial charge in [-0.3, -0.25) is 4.79 Å². The Labute approximate surface area is 145 Å². The fourth-order valence-electron chi connectivity index (χ4n) is 3.29. The van der Waals surface area contributed by atoms with Crippen molar-refractivity contribution in [3.63, 3.8) is 0 Å². The summed E-state index contributed by atoms with van der Waals surface area (Å²) in [6.45, 7) is 0.855. The number of carbonyl (C=O) groups is 1. The third-order valence-electron chi connectivity index (χ3n) is 4.46. The molecule has 2 aromatic heterocycles. The van der Waals surface area contributed by atoms with Gasteiger partial charge in [0, 0.05) is 17.6 Å². The van der Waals surface area contributed by atoms with Crippen molar-refractivity contribution in [2.45, 2.75) is 25.3 Å². The second kappa shape index (κ2) is 6.61. The van der Waals surface area contributed by atoms with Crippen LogP contribution in [0.4, 0.5) is 0 Å².